The molecular formula is C24H35N3O2. The van der Waals surface area contributed by atoms with Crippen molar-refractivity contribution < 1.29 is 9.59 Å². The lowest BCUT2D eigenvalue weighted by Gasteiger charge is -2.56. The maximum atomic E-state index is 12.5. The molecule has 4 saturated carbocycles. The largest absolute Gasteiger partial charge is 0.349 e. The van der Waals surface area contributed by atoms with Crippen LogP contribution in [0.4, 0.5) is 4.79 Å². The highest BCUT2D eigenvalue weighted by Crippen LogP contribution is 2.55. The zero-order valence-corrected chi connectivity index (χ0v) is 17.8. The Morgan fingerprint density at radius 3 is 2.17 bits per heavy atom. The van der Waals surface area contributed by atoms with Crippen molar-refractivity contribution in [2.75, 3.05) is 6.54 Å². The van der Waals surface area contributed by atoms with Crippen LogP contribution in [0.1, 0.15) is 75.5 Å². The fourth-order valence-corrected chi connectivity index (χ4v) is 6.32. The van der Waals surface area contributed by atoms with E-state index in [1.165, 1.54) is 24.8 Å². The van der Waals surface area contributed by atoms with Crippen molar-refractivity contribution >= 4 is 11.9 Å². The van der Waals surface area contributed by atoms with E-state index in [4.69, 9.17) is 0 Å². The summed E-state index contributed by atoms with van der Waals surface area (Å²) in [6.07, 6.45) is 8.66. The van der Waals surface area contributed by atoms with Crippen LogP contribution in [0.2, 0.25) is 0 Å². The van der Waals surface area contributed by atoms with Gasteiger partial charge in [-0.2, -0.15) is 0 Å². The minimum absolute atomic E-state index is 0.0137. The van der Waals surface area contributed by atoms with E-state index in [9.17, 15) is 9.59 Å². The van der Waals surface area contributed by atoms with E-state index in [0.717, 1.165) is 49.0 Å². The van der Waals surface area contributed by atoms with Crippen LogP contribution in [0.3, 0.4) is 0 Å². The van der Waals surface area contributed by atoms with Gasteiger partial charge in [-0.1, -0.05) is 36.8 Å². The molecule has 29 heavy (non-hydrogen) atoms. The number of hydrogen-bond acceptors (Lipinski definition) is 2. The Hall–Kier alpha value is -2.04. The molecule has 0 aromatic heterocycles. The van der Waals surface area contributed by atoms with Gasteiger partial charge in [0.15, 0.2) is 0 Å². The lowest BCUT2D eigenvalue weighted by molar-refractivity contribution is -0.121. The van der Waals surface area contributed by atoms with Crippen LogP contribution in [0.5, 0.6) is 0 Å². The van der Waals surface area contributed by atoms with Crippen molar-refractivity contribution in [1.29, 1.82) is 0 Å². The Bertz CT molecular complexity index is 708. The van der Waals surface area contributed by atoms with Crippen LogP contribution in [-0.2, 0) is 4.79 Å². The summed E-state index contributed by atoms with van der Waals surface area (Å²) in [4.78, 5) is 24.8. The monoisotopic (exact) mass is 397 g/mol. The number of rotatable bonds is 7. The lowest BCUT2D eigenvalue weighted by Crippen LogP contribution is -2.61. The third-order valence-corrected chi connectivity index (χ3v) is 7.28. The maximum Gasteiger partial charge on any atom is 0.315 e. The molecule has 1 atom stereocenters. The second kappa shape index (κ2) is 8.37. The summed E-state index contributed by atoms with van der Waals surface area (Å²) in [6, 6.07) is 8.19. The summed E-state index contributed by atoms with van der Waals surface area (Å²) in [6.45, 7) is 4.50. The Morgan fingerprint density at radius 2 is 1.62 bits per heavy atom. The predicted octanol–water partition coefficient (Wildman–Crippen LogP) is 4.22. The van der Waals surface area contributed by atoms with Gasteiger partial charge in [0.25, 0.3) is 0 Å². The molecule has 4 fully saturated rings. The van der Waals surface area contributed by atoms with Crippen molar-refractivity contribution in [2.45, 2.75) is 76.8 Å². The van der Waals surface area contributed by atoms with Gasteiger partial charge in [-0.05, 0) is 75.2 Å². The number of benzene rings is 1. The molecule has 0 heterocycles. The third-order valence-electron chi connectivity index (χ3n) is 7.28. The van der Waals surface area contributed by atoms with Crippen LogP contribution in [0.15, 0.2) is 24.3 Å². The summed E-state index contributed by atoms with van der Waals surface area (Å²) in [5.41, 5.74) is 2.35. The number of amides is 3. The van der Waals surface area contributed by atoms with Gasteiger partial charge in [0, 0.05) is 18.5 Å². The number of urea groups is 1. The van der Waals surface area contributed by atoms with Gasteiger partial charge in [-0.3, -0.25) is 4.79 Å². The molecule has 3 amide bonds. The number of aryl methyl sites for hydroxylation is 1. The van der Waals surface area contributed by atoms with Gasteiger partial charge in [-0.25, -0.2) is 4.79 Å². The molecule has 4 aliphatic rings. The first-order valence-electron chi connectivity index (χ1n) is 11.4. The third kappa shape index (κ3) is 4.76. The quantitative estimate of drug-likeness (QED) is 0.645. The van der Waals surface area contributed by atoms with Crippen molar-refractivity contribution in [1.82, 2.24) is 16.0 Å². The number of nitrogens with one attached hydrogen (secondary N) is 3. The van der Waals surface area contributed by atoms with Gasteiger partial charge >= 0.3 is 6.03 Å². The van der Waals surface area contributed by atoms with Crippen molar-refractivity contribution in [3.63, 3.8) is 0 Å². The van der Waals surface area contributed by atoms with Gasteiger partial charge in [-0.15, -0.1) is 0 Å². The van der Waals surface area contributed by atoms with E-state index in [-0.39, 0.29) is 23.5 Å². The first-order chi connectivity index (χ1) is 13.9. The topological polar surface area (TPSA) is 70.2 Å². The standard InChI is InChI=1S/C24H35N3O2/c1-3-21(20-6-4-16(2)5-7-20)26-22(28)8-9-25-23(29)27-24-13-17-10-18(14-24)12-19(11-17)15-24/h4-7,17-19,21H,3,8-15H2,1-2H3,(H,26,28)(H2,25,27,29). The Balaban J connectivity index is 1.21. The molecule has 0 spiro atoms. The highest BCUT2D eigenvalue weighted by atomic mass is 16.2. The van der Waals surface area contributed by atoms with Gasteiger partial charge < -0.3 is 16.0 Å². The summed E-state index contributed by atoms with van der Waals surface area (Å²) in [7, 11) is 0. The minimum Gasteiger partial charge on any atom is -0.349 e. The van der Waals surface area contributed by atoms with Crippen molar-refractivity contribution in [3.8, 4) is 0 Å². The van der Waals surface area contributed by atoms with E-state index >= 15 is 0 Å². The number of carbonyl (C=O) groups excluding carboxylic acids is 2. The molecule has 1 aromatic carbocycles. The van der Waals surface area contributed by atoms with Crippen LogP contribution >= 0.6 is 0 Å². The van der Waals surface area contributed by atoms with Gasteiger partial charge in [0.05, 0.1) is 6.04 Å². The van der Waals surface area contributed by atoms with E-state index in [1.54, 1.807) is 0 Å². The molecule has 4 bridgehead atoms. The van der Waals surface area contributed by atoms with Crippen LogP contribution in [0.25, 0.3) is 0 Å². The Morgan fingerprint density at radius 1 is 1.03 bits per heavy atom. The van der Waals surface area contributed by atoms with Crippen LogP contribution in [0, 0.1) is 24.7 Å². The maximum absolute atomic E-state index is 12.5. The van der Waals surface area contributed by atoms with Crippen molar-refractivity contribution in [3.05, 3.63) is 35.4 Å². The highest BCUT2D eigenvalue weighted by Gasteiger charge is 2.51. The molecule has 0 saturated heterocycles. The SMILES string of the molecule is CCC(NC(=O)CCNC(=O)NC12CC3CC(CC(C3)C1)C2)c1ccc(C)cc1. The molecule has 4 aliphatic carbocycles. The number of hydrogen-bond donors (Lipinski definition) is 3. The summed E-state index contributed by atoms with van der Waals surface area (Å²) >= 11 is 0. The molecule has 0 aliphatic heterocycles. The second-order valence-corrected chi connectivity index (χ2v) is 9.77. The van der Waals surface area contributed by atoms with E-state index in [1.807, 2.05) is 0 Å². The molecule has 5 rings (SSSR count). The minimum atomic E-state index is -0.106. The molecular weight excluding hydrogens is 362 g/mol. The zero-order valence-electron chi connectivity index (χ0n) is 17.8. The fourth-order valence-electron chi connectivity index (χ4n) is 6.32. The zero-order chi connectivity index (χ0) is 20.4. The molecule has 1 aromatic rings. The Labute approximate surface area is 174 Å². The number of carbonyl (C=O) groups is 2. The summed E-state index contributed by atoms with van der Waals surface area (Å²) in [5, 5.41) is 9.31. The van der Waals surface area contributed by atoms with Gasteiger partial charge in [0.2, 0.25) is 5.91 Å². The van der Waals surface area contributed by atoms with Gasteiger partial charge in [0.1, 0.15) is 0 Å². The van der Waals surface area contributed by atoms with Crippen molar-refractivity contribution in [2.24, 2.45) is 17.8 Å². The molecule has 0 radical (unpaired) electrons. The molecule has 1 unspecified atom stereocenters. The fraction of sp³-hybridized carbons (Fsp3) is 0.667. The second-order valence-electron chi connectivity index (χ2n) is 9.77. The predicted molar refractivity (Wildman–Crippen MR) is 114 cm³/mol. The summed E-state index contributed by atoms with van der Waals surface area (Å²) in [5.74, 6) is 2.40. The van der Waals surface area contributed by atoms with E-state index in [2.05, 4.69) is 54.1 Å². The highest BCUT2D eigenvalue weighted by molar-refractivity contribution is 5.78. The molecule has 158 valence electrons. The average Bonchev–Trinajstić information content (AvgIpc) is 2.65. The summed E-state index contributed by atoms with van der Waals surface area (Å²) < 4.78 is 0. The molecule has 3 N–H and O–H groups in total. The first-order valence-corrected chi connectivity index (χ1v) is 11.4. The van der Waals surface area contributed by atoms with Crippen LogP contribution in [-0.4, -0.2) is 24.0 Å². The Kier molecular flexibility index (Phi) is 5.84. The van der Waals surface area contributed by atoms with Crippen LogP contribution < -0.4 is 16.0 Å². The molecule has 5 nitrogen and oxygen atoms in total. The average molecular weight is 398 g/mol. The lowest BCUT2D eigenvalue weighted by atomic mass is 9.53. The normalized spacial score (nSPS) is 30.6. The first kappa shape index (κ1) is 20.2. The van der Waals surface area contributed by atoms with E-state index < -0.39 is 0 Å². The smallest absolute Gasteiger partial charge is 0.315 e. The van der Waals surface area contributed by atoms with E-state index in [0.29, 0.717) is 13.0 Å². The molecule has 5 heteroatoms.